The molecule has 3 aliphatic carbocycles. The van der Waals surface area contributed by atoms with Crippen LogP contribution in [0.4, 0.5) is 17.1 Å². The number of benzene rings is 9. The molecule has 0 saturated carbocycles. The Hall–Kier alpha value is -7.42. The second kappa shape index (κ2) is 14.5. The normalized spacial score (nSPS) is 16.4. The van der Waals surface area contributed by atoms with Crippen LogP contribution in [0.25, 0.3) is 55.3 Å². The number of rotatable bonds is 6. The van der Waals surface area contributed by atoms with E-state index in [2.05, 4.69) is 247 Å². The molecular formula is C66H55NO. The Bertz CT molecular complexity index is 3620. The molecule has 13 rings (SSSR count). The van der Waals surface area contributed by atoms with Gasteiger partial charge in [-0.3, -0.25) is 0 Å². The molecule has 1 heterocycles. The van der Waals surface area contributed by atoms with E-state index >= 15 is 0 Å². The predicted octanol–water partition coefficient (Wildman–Crippen LogP) is 17.7. The molecule has 1 aromatic heterocycles. The van der Waals surface area contributed by atoms with E-state index in [1.54, 1.807) is 0 Å². The van der Waals surface area contributed by atoms with Crippen LogP contribution in [-0.4, -0.2) is 0 Å². The topological polar surface area (TPSA) is 16.4 Å². The molecule has 0 N–H and O–H groups in total. The zero-order valence-electron chi connectivity index (χ0n) is 39.8. The van der Waals surface area contributed by atoms with Gasteiger partial charge in [0, 0.05) is 27.4 Å². The molecule has 0 fully saturated rings. The summed E-state index contributed by atoms with van der Waals surface area (Å²) in [6.45, 7) is 14.5. The van der Waals surface area contributed by atoms with Crippen molar-refractivity contribution in [1.82, 2.24) is 0 Å². The molecule has 0 amide bonds. The van der Waals surface area contributed by atoms with Crippen molar-refractivity contribution in [3.63, 3.8) is 0 Å². The van der Waals surface area contributed by atoms with Gasteiger partial charge in [0.25, 0.3) is 0 Å². The Labute approximate surface area is 400 Å². The van der Waals surface area contributed by atoms with Crippen LogP contribution < -0.4 is 4.90 Å². The van der Waals surface area contributed by atoms with Crippen molar-refractivity contribution in [3.05, 3.63) is 245 Å². The van der Waals surface area contributed by atoms with Gasteiger partial charge in [-0.25, -0.2) is 0 Å². The number of anilines is 3. The van der Waals surface area contributed by atoms with Crippen molar-refractivity contribution >= 4 is 39.0 Å². The molecule has 2 heteroatoms. The molecule has 330 valence electrons. The van der Waals surface area contributed by atoms with Crippen molar-refractivity contribution in [2.75, 3.05) is 4.90 Å². The first kappa shape index (κ1) is 40.8. The highest BCUT2D eigenvalue weighted by atomic mass is 16.3. The third kappa shape index (κ3) is 5.70. The fourth-order valence-electron chi connectivity index (χ4n) is 12.8. The van der Waals surface area contributed by atoms with E-state index in [0.717, 1.165) is 45.4 Å². The molecule has 0 spiro atoms. The summed E-state index contributed by atoms with van der Waals surface area (Å²) >= 11 is 0. The van der Waals surface area contributed by atoms with Crippen LogP contribution in [0, 0.1) is 0 Å². The Morgan fingerprint density at radius 1 is 0.382 bits per heavy atom. The maximum absolute atomic E-state index is 7.04. The van der Waals surface area contributed by atoms with Crippen LogP contribution in [0.3, 0.4) is 0 Å². The maximum Gasteiger partial charge on any atom is 0.159 e. The smallest absolute Gasteiger partial charge is 0.159 e. The summed E-state index contributed by atoms with van der Waals surface area (Å²) in [4.78, 5) is 2.54. The average molecular weight is 878 g/mol. The van der Waals surface area contributed by atoms with Gasteiger partial charge in [-0.15, -0.1) is 0 Å². The molecule has 2 nitrogen and oxygen atoms in total. The molecule has 0 aliphatic heterocycles. The SMILES string of the molecule is CC1(C)CCC(C)(C)c2cc(-c3cc4c(cc3N(c3ccc5c(c3)C(C)(C)c3ccccc3-5)c3cccc5c3oc3ccccc35)C(c3ccccc3)(c3ccccc3)c3ccccc3-4)ccc21. The quantitative estimate of drug-likeness (QED) is 0.165. The molecule has 0 radical (unpaired) electrons. The minimum absolute atomic E-state index is 0.0280. The van der Waals surface area contributed by atoms with Gasteiger partial charge < -0.3 is 9.32 Å². The van der Waals surface area contributed by atoms with E-state index in [4.69, 9.17) is 4.42 Å². The minimum Gasteiger partial charge on any atom is -0.454 e. The van der Waals surface area contributed by atoms with E-state index < -0.39 is 5.41 Å². The predicted molar refractivity (Wildman–Crippen MR) is 284 cm³/mol. The lowest BCUT2D eigenvalue weighted by Gasteiger charge is -2.42. The van der Waals surface area contributed by atoms with Crippen LogP contribution in [0.2, 0.25) is 0 Å². The summed E-state index contributed by atoms with van der Waals surface area (Å²) in [7, 11) is 0. The highest BCUT2D eigenvalue weighted by Crippen LogP contribution is 2.60. The van der Waals surface area contributed by atoms with E-state index in [1.165, 1.54) is 84.3 Å². The highest BCUT2D eigenvalue weighted by Gasteiger charge is 2.47. The summed E-state index contributed by atoms with van der Waals surface area (Å²) in [6.07, 6.45) is 2.31. The van der Waals surface area contributed by atoms with Crippen molar-refractivity contribution in [2.45, 2.75) is 76.0 Å². The maximum atomic E-state index is 7.04. The summed E-state index contributed by atoms with van der Waals surface area (Å²) in [6, 6.07) is 75.4. The van der Waals surface area contributed by atoms with E-state index in [-0.39, 0.29) is 16.2 Å². The Morgan fingerprint density at radius 2 is 0.985 bits per heavy atom. The average Bonchev–Trinajstić information content (AvgIpc) is 3.97. The van der Waals surface area contributed by atoms with Gasteiger partial charge in [-0.05, 0) is 132 Å². The van der Waals surface area contributed by atoms with Gasteiger partial charge in [-0.1, -0.05) is 205 Å². The van der Waals surface area contributed by atoms with Gasteiger partial charge in [0.1, 0.15) is 5.58 Å². The molecule has 68 heavy (non-hydrogen) atoms. The first-order valence-electron chi connectivity index (χ1n) is 24.5. The highest BCUT2D eigenvalue weighted by molar-refractivity contribution is 6.11. The molecule has 3 aliphatic rings. The number of hydrogen-bond acceptors (Lipinski definition) is 2. The van der Waals surface area contributed by atoms with E-state index in [1.807, 2.05) is 0 Å². The molecule has 0 saturated heterocycles. The Kier molecular flexibility index (Phi) is 8.73. The second-order valence-electron chi connectivity index (χ2n) is 21.5. The van der Waals surface area contributed by atoms with Crippen molar-refractivity contribution in [1.29, 1.82) is 0 Å². The zero-order valence-corrected chi connectivity index (χ0v) is 39.8. The largest absolute Gasteiger partial charge is 0.454 e. The standard InChI is InChI=1S/C66H55NO/c1-63(2)36-37-64(3,4)58-38-42(32-35-55(58)63)51-40-52-47-25-14-17-29-54(47)66(43-20-9-7-10-21-43,44-22-11-8-12-23-44)57(52)41-60(51)67(59-30-19-27-50-49-26-15-18-31-61(49)68-62(50)59)45-33-34-48-46-24-13-16-28-53(46)65(5,6)56(48)39-45/h7-35,38-41H,36-37H2,1-6H3. The van der Waals surface area contributed by atoms with Gasteiger partial charge in [0.15, 0.2) is 5.58 Å². The summed E-state index contributed by atoms with van der Waals surface area (Å²) < 4.78 is 7.04. The van der Waals surface area contributed by atoms with Gasteiger partial charge in [0.05, 0.1) is 16.8 Å². The summed E-state index contributed by atoms with van der Waals surface area (Å²) in [5.41, 5.74) is 22.5. The number of para-hydroxylation sites is 2. The zero-order chi connectivity index (χ0) is 46.2. The van der Waals surface area contributed by atoms with Crippen LogP contribution in [0.5, 0.6) is 0 Å². The van der Waals surface area contributed by atoms with Gasteiger partial charge in [-0.2, -0.15) is 0 Å². The van der Waals surface area contributed by atoms with Crippen LogP contribution >= 0.6 is 0 Å². The lowest BCUT2D eigenvalue weighted by Crippen LogP contribution is -2.33. The third-order valence-electron chi connectivity index (χ3n) is 16.4. The number of nitrogens with zero attached hydrogens (tertiary/aromatic N) is 1. The lowest BCUT2D eigenvalue weighted by molar-refractivity contribution is 0.332. The minimum atomic E-state index is -0.595. The number of fused-ring (bicyclic) bond motifs is 10. The fraction of sp³-hybridized carbons (Fsp3) is 0.182. The summed E-state index contributed by atoms with van der Waals surface area (Å²) in [5, 5.41) is 2.22. The Balaban J connectivity index is 1.18. The monoisotopic (exact) mass is 877 g/mol. The van der Waals surface area contributed by atoms with Gasteiger partial charge >= 0.3 is 0 Å². The molecule has 0 unspecified atom stereocenters. The number of furan rings is 1. The molecule has 10 aromatic rings. The van der Waals surface area contributed by atoms with Crippen LogP contribution in [-0.2, 0) is 21.7 Å². The molecular weight excluding hydrogens is 823 g/mol. The number of hydrogen-bond donors (Lipinski definition) is 0. The molecule has 0 atom stereocenters. The lowest BCUT2D eigenvalue weighted by atomic mass is 9.63. The van der Waals surface area contributed by atoms with E-state index in [9.17, 15) is 0 Å². The van der Waals surface area contributed by atoms with Crippen molar-refractivity contribution in [2.24, 2.45) is 0 Å². The van der Waals surface area contributed by atoms with Crippen LogP contribution in [0.15, 0.2) is 205 Å². The fourth-order valence-corrected chi connectivity index (χ4v) is 12.8. The third-order valence-corrected chi connectivity index (χ3v) is 16.4. The molecule has 9 aromatic carbocycles. The van der Waals surface area contributed by atoms with E-state index in [0.29, 0.717) is 0 Å². The van der Waals surface area contributed by atoms with Crippen molar-refractivity contribution < 1.29 is 4.42 Å². The first-order valence-corrected chi connectivity index (χ1v) is 24.5. The van der Waals surface area contributed by atoms with Crippen LogP contribution in [0.1, 0.15) is 98.9 Å². The van der Waals surface area contributed by atoms with Crippen molar-refractivity contribution in [3.8, 4) is 33.4 Å². The molecule has 0 bridgehead atoms. The summed E-state index contributed by atoms with van der Waals surface area (Å²) in [5.74, 6) is 0. The Morgan fingerprint density at radius 3 is 1.72 bits per heavy atom. The second-order valence-corrected chi connectivity index (χ2v) is 21.5. The first-order chi connectivity index (χ1) is 33.0. The van der Waals surface area contributed by atoms with Gasteiger partial charge in [0.2, 0.25) is 0 Å².